The normalized spacial score (nSPS) is 11.2. The average Bonchev–Trinajstić information content (AvgIpc) is 2.96. The third kappa shape index (κ3) is 27.8. The fourth-order valence-electron chi connectivity index (χ4n) is 2.56. The summed E-state index contributed by atoms with van der Waals surface area (Å²) in [4.78, 5) is 45.0. The van der Waals surface area contributed by atoms with Crippen molar-refractivity contribution in [2.24, 2.45) is 11.5 Å². The fraction of sp³-hybridized carbons (Fsp3) is 0.429. The van der Waals surface area contributed by atoms with Crippen LogP contribution in [0.1, 0.15) is 38.8 Å². The highest BCUT2D eigenvalue weighted by atomic mass is 36.0. The summed E-state index contributed by atoms with van der Waals surface area (Å²) in [6, 6.07) is 16.3. The van der Waals surface area contributed by atoms with Crippen molar-refractivity contribution in [2.75, 3.05) is 13.1 Å². The van der Waals surface area contributed by atoms with Crippen LogP contribution in [0.4, 0.5) is 9.59 Å². The molecule has 0 unspecified atom stereocenters. The van der Waals surface area contributed by atoms with Crippen molar-refractivity contribution in [3.8, 4) is 0 Å². The summed E-state index contributed by atoms with van der Waals surface area (Å²) in [6.07, 6.45) is -1.93. The van der Waals surface area contributed by atoms with E-state index in [1.807, 2.05) is 48.5 Å². The molecule has 2 aromatic carbocycles. The highest BCUT2D eigenvalue weighted by Gasteiger charge is 2.22. The predicted octanol–water partition coefficient (Wildman–Crippen LogP) is 2.95. The Labute approximate surface area is 274 Å². The van der Waals surface area contributed by atoms with Gasteiger partial charge in [-0.25, -0.2) is 23.4 Å². The largest absolute Gasteiger partial charge is 0.480 e. The van der Waals surface area contributed by atoms with Crippen LogP contribution in [0.5, 0.6) is 0 Å². The van der Waals surface area contributed by atoms with Gasteiger partial charge in [0.15, 0.2) is 0 Å². The second-order valence-electron chi connectivity index (χ2n) is 9.09. The van der Waals surface area contributed by atoms with E-state index in [0.29, 0.717) is 0 Å². The molecular weight excluding hydrogens is 655 g/mol. The molecule has 0 aliphatic carbocycles. The molecule has 254 valence electrons. The van der Waals surface area contributed by atoms with Gasteiger partial charge < -0.3 is 46.5 Å². The van der Waals surface area contributed by atoms with Gasteiger partial charge in [0.1, 0.15) is 25.3 Å². The SMILES string of the molecule is CC(C)O.CC(C)OC(=O)[C@H](CN)NC(=O)OCc1ccccc1.NC[C@H](NC(=O)OCc1ccccc1)C(=O)O.O=S(Cl)Cl. The fourth-order valence-corrected chi connectivity index (χ4v) is 2.56. The number of aliphatic hydroxyl groups is 1. The second kappa shape index (κ2) is 26.9. The maximum atomic E-state index is 11.6. The molecule has 0 radical (unpaired) electrons. The molecule has 45 heavy (non-hydrogen) atoms. The van der Waals surface area contributed by atoms with Gasteiger partial charge in [0.2, 0.25) is 9.23 Å². The van der Waals surface area contributed by atoms with Gasteiger partial charge >= 0.3 is 24.1 Å². The summed E-state index contributed by atoms with van der Waals surface area (Å²) in [7, 11) is 7.36. The Morgan fingerprint density at radius 3 is 1.40 bits per heavy atom. The van der Waals surface area contributed by atoms with Crippen LogP contribution in [0, 0.1) is 0 Å². The van der Waals surface area contributed by atoms with Crippen molar-refractivity contribution in [3.05, 3.63) is 71.8 Å². The Kier molecular flexibility index (Phi) is 26.1. The first-order chi connectivity index (χ1) is 21.1. The van der Waals surface area contributed by atoms with Gasteiger partial charge in [-0.2, -0.15) is 0 Å². The van der Waals surface area contributed by atoms with E-state index < -0.39 is 45.4 Å². The minimum Gasteiger partial charge on any atom is -0.480 e. The van der Waals surface area contributed by atoms with Gasteiger partial charge in [-0.15, -0.1) is 0 Å². The summed E-state index contributed by atoms with van der Waals surface area (Å²) in [5, 5.41) is 21.2. The minimum atomic E-state index is -1.67. The molecule has 0 saturated carbocycles. The molecule has 14 nitrogen and oxygen atoms in total. The molecule has 0 heterocycles. The number of nitrogens with one attached hydrogen (secondary N) is 2. The Balaban J connectivity index is 0. The van der Waals surface area contributed by atoms with Crippen molar-refractivity contribution in [2.45, 2.75) is 65.2 Å². The van der Waals surface area contributed by atoms with Gasteiger partial charge in [-0.1, -0.05) is 60.7 Å². The molecule has 0 bridgehead atoms. The molecule has 17 heteroatoms. The number of carbonyl (C=O) groups excluding carboxylic acids is 3. The van der Waals surface area contributed by atoms with Crippen molar-refractivity contribution in [1.29, 1.82) is 0 Å². The molecule has 0 saturated heterocycles. The number of carboxylic acids is 1. The third-order valence-corrected chi connectivity index (χ3v) is 4.42. The number of nitrogens with two attached hydrogens (primary N) is 2. The van der Waals surface area contributed by atoms with Gasteiger partial charge in [-0.05, 0) is 38.8 Å². The molecule has 2 atom stereocenters. The van der Waals surface area contributed by atoms with E-state index in [0.717, 1.165) is 11.1 Å². The molecule has 0 aliphatic heterocycles. The quantitative estimate of drug-likeness (QED) is 0.113. The summed E-state index contributed by atoms with van der Waals surface area (Å²) >= 11 is 0. The Morgan fingerprint density at radius 1 is 0.778 bits per heavy atom. The van der Waals surface area contributed by atoms with Crippen molar-refractivity contribution < 1.29 is 47.8 Å². The minimum absolute atomic E-state index is 0.0496. The number of carbonyl (C=O) groups is 4. The van der Waals surface area contributed by atoms with Gasteiger partial charge in [0.05, 0.1) is 6.10 Å². The second-order valence-corrected chi connectivity index (χ2v) is 11.6. The molecule has 0 aliphatic rings. The predicted molar refractivity (Wildman–Crippen MR) is 171 cm³/mol. The van der Waals surface area contributed by atoms with Crippen LogP contribution in [0.25, 0.3) is 0 Å². The van der Waals surface area contributed by atoms with Crippen molar-refractivity contribution in [3.63, 3.8) is 0 Å². The molecule has 0 spiro atoms. The first kappa shape index (κ1) is 43.7. The molecular formula is C28H42Cl2N4O10S. The molecule has 2 amide bonds. The Hall–Kier alpha value is -3.47. The van der Waals surface area contributed by atoms with Crippen molar-refractivity contribution >= 4 is 54.7 Å². The van der Waals surface area contributed by atoms with E-state index in [4.69, 9.17) is 40.1 Å². The lowest BCUT2D eigenvalue weighted by atomic mass is 10.2. The number of esters is 1. The van der Waals surface area contributed by atoms with E-state index in [-0.39, 0.29) is 38.5 Å². The van der Waals surface area contributed by atoms with Crippen molar-refractivity contribution in [1.82, 2.24) is 10.6 Å². The van der Waals surface area contributed by atoms with E-state index in [2.05, 4.69) is 32.0 Å². The standard InChI is InChI=1S/C14H20N2O4.C11H14N2O4.C3H8O.Cl2OS/c1-10(2)20-13(17)12(8-15)16-14(18)19-9-11-6-4-3-5-7-11;12-6-9(10(14)15)13-11(16)17-7-8-4-2-1-3-5-8;1-3(2)4;1-4(2)3/h3-7,10,12H,8-9,15H2,1-2H3,(H,16,18);1-5,9H,6-7,12H2,(H,13,16)(H,14,15);3-4H,1-2H3;/t12-;9-;;/m00../s1. The number of aliphatic carboxylic acids is 1. The maximum absolute atomic E-state index is 11.6. The number of alkyl carbamates (subject to hydrolysis) is 2. The van der Waals surface area contributed by atoms with Crippen LogP contribution in [0.2, 0.25) is 0 Å². The number of rotatable bonds is 11. The van der Waals surface area contributed by atoms with Crippen LogP contribution < -0.4 is 22.1 Å². The number of carboxylic acid groups (broad SMARTS) is 1. The van der Waals surface area contributed by atoms with E-state index in [1.165, 1.54) is 0 Å². The molecule has 0 aromatic heterocycles. The molecule has 8 N–H and O–H groups in total. The van der Waals surface area contributed by atoms with Crippen LogP contribution in [0.15, 0.2) is 60.7 Å². The monoisotopic (exact) mass is 696 g/mol. The van der Waals surface area contributed by atoms with E-state index >= 15 is 0 Å². The number of amides is 2. The van der Waals surface area contributed by atoms with Gasteiger partial charge in [0, 0.05) is 40.6 Å². The Bertz CT molecular complexity index is 1130. The zero-order chi connectivity index (χ0) is 34.8. The first-order valence-electron chi connectivity index (χ1n) is 13.3. The van der Waals surface area contributed by atoms with E-state index in [9.17, 15) is 19.2 Å². The highest BCUT2D eigenvalue weighted by Crippen LogP contribution is 2.02. The number of halogens is 2. The van der Waals surface area contributed by atoms with Gasteiger partial charge in [0.25, 0.3) is 0 Å². The molecule has 2 aromatic rings. The summed E-state index contributed by atoms with van der Waals surface area (Å²) < 4.78 is 23.9. The van der Waals surface area contributed by atoms with Crippen LogP contribution >= 0.6 is 21.4 Å². The topological polar surface area (TPSA) is 230 Å². The number of hydrogen-bond acceptors (Lipinski definition) is 11. The Morgan fingerprint density at radius 2 is 1.11 bits per heavy atom. The number of hydrogen-bond donors (Lipinski definition) is 6. The zero-order valence-corrected chi connectivity index (χ0v) is 27.7. The zero-order valence-electron chi connectivity index (χ0n) is 25.4. The average molecular weight is 698 g/mol. The van der Waals surface area contributed by atoms with Crippen LogP contribution in [-0.2, 0) is 46.2 Å². The third-order valence-electron chi connectivity index (χ3n) is 4.42. The maximum Gasteiger partial charge on any atom is 0.408 e. The summed E-state index contributed by atoms with van der Waals surface area (Å²) in [6.45, 7) is 6.87. The number of aliphatic hydroxyl groups excluding tert-OH is 1. The van der Waals surface area contributed by atoms with E-state index in [1.54, 1.807) is 39.8 Å². The number of benzene rings is 2. The first-order valence-corrected chi connectivity index (χ1v) is 16.1. The summed E-state index contributed by atoms with van der Waals surface area (Å²) in [5.74, 6) is -1.76. The lowest BCUT2D eigenvalue weighted by Gasteiger charge is -2.17. The van der Waals surface area contributed by atoms with Crippen LogP contribution in [0.3, 0.4) is 0 Å². The smallest absolute Gasteiger partial charge is 0.408 e. The number of ether oxygens (including phenoxy) is 3. The highest BCUT2D eigenvalue weighted by molar-refractivity contribution is 8.26. The summed E-state index contributed by atoms with van der Waals surface area (Å²) in [5.41, 5.74) is 12.3. The van der Waals surface area contributed by atoms with Gasteiger partial charge in [-0.3, -0.25) is 0 Å². The molecule has 0 fully saturated rings. The van der Waals surface area contributed by atoms with Crippen LogP contribution in [-0.4, -0.2) is 75.9 Å². The lowest BCUT2D eigenvalue weighted by molar-refractivity contribution is -0.149. The molecule has 2 rings (SSSR count). The lowest BCUT2D eigenvalue weighted by Crippen LogP contribution is -2.47.